The molecule has 1 saturated carbocycles. The second-order valence-electron chi connectivity index (χ2n) is 3.47. The lowest BCUT2D eigenvalue weighted by atomic mass is 10.0. The van der Waals surface area contributed by atoms with Crippen LogP contribution < -0.4 is 5.32 Å². The molecule has 0 radical (unpaired) electrons. The number of aromatic nitrogens is 1. The van der Waals surface area contributed by atoms with Gasteiger partial charge in [0.15, 0.2) is 0 Å². The van der Waals surface area contributed by atoms with Crippen molar-refractivity contribution < 1.29 is 0 Å². The fourth-order valence-electron chi connectivity index (χ4n) is 1.77. The van der Waals surface area contributed by atoms with Gasteiger partial charge in [-0.1, -0.05) is 6.07 Å². The third kappa shape index (κ3) is 1.03. The molecular formula is C10H14N2. The van der Waals surface area contributed by atoms with Crippen molar-refractivity contribution in [2.45, 2.75) is 25.3 Å². The lowest BCUT2D eigenvalue weighted by Crippen LogP contribution is -2.25. The highest BCUT2D eigenvalue weighted by Crippen LogP contribution is 2.45. The van der Waals surface area contributed by atoms with Crippen molar-refractivity contribution >= 4 is 0 Å². The number of nitrogens with zero attached hydrogens (tertiary/aromatic N) is 1. The van der Waals surface area contributed by atoms with Crippen molar-refractivity contribution in [1.29, 1.82) is 0 Å². The molecule has 0 spiro atoms. The molecule has 0 bridgehead atoms. The topological polar surface area (TPSA) is 24.9 Å². The fourth-order valence-corrected chi connectivity index (χ4v) is 1.77. The summed E-state index contributed by atoms with van der Waals surface area (Å²) in [7, 11) is 2.03. The van der Waals surface area contributed by atoms with Gasteiger partial charge in [-0.15, -0.1) is 0 Å². The summed E-state index contributed by atoms with van der Waals surface area (Å²) in [5, 5.41) is 3.37. The van der Waals surface area contributed by atoms with Gasteiger partial charge < -0.3 is 5.32 Å². The zero-order chi connectivity index (χ0) is 8.60. The first kappa shape index (κ1) is 7.74. The van der Waals surface area contributed by atoms with E-state index in [1.807, 2.05) is 19.3 Å². The van der Waals surface area contributed by atoms with Gasteiger partial charge in [0, 0.05) is 17.4 Å². The summed E-state index contributed by atoms with van der Waals surface area (Å²) in [6, 6.07) is 4.19. The first-order chi connectivity index (χ1) is 5.78. The number of hydrogen-bond acceptors (Lipinski definition) is 2. The molecule has 2 heteroatoms. The summed E-state index contributed by atoms with van der Waals surface area (Å²) in [5.41, 5.74) is 2.79. The van der Waals surface area contributed by atoms with Gasteiger partial charge in [-0.3, -0.25) is 4.98 Å². The fraction of sp³-hybridized carbons (Fsp3) is 0.500. The lowest BCUT2D eigenvalue weighted by molar-refractivity contribution is 0.579. The minimum Gasteiger partial charge on any atom is -0.310 e. The van der Waals surface area contributed by atoms with E-state index >= 15 is 0 Å². The predicted molar refractivity (Wildman–Crippen MR) is 48.9 cm³/mol. The van der Waals surface area contributed by atoms with E-state index in [-0.39, 0.29) is 5.54 Å². The zero-order valence-electron chi connectivity index (χ0n) is 7.59. The summed E-state index contributed by atoms with van der Waals surface area (Å²) in [6.45, 7) is 2.08. The third-order valence-electron chi connectivity index (χ3n) is 2.75. The summed E-state index contributed by atoms with van der Waals surface area (Å²) < 4.78 is 0. The average molecular weight is 162 g/mol. The molecule has 1 aromatic rings. The Morgan fingerprint density at radius 1 is 1.50 bits per heavy atom. The molecule has 2 nitrogen and oxygen atoms in total. The van der Waals surface area contributed by atoms with Crippen LogP contribution in [-0.4, -0.2) is 12.0 Å². The van der Waals surface area contributed by atoms with E-state index < -0.39 is 0 Å². The van der Waals surface area contributed by atoms with Gasteiger partial charge in [0.25, 0.3) is 0 Å². The molecule has 64 valence electrons. The van der Waals surface area contributed by atoms with Crippen LogP contribution in [0.15, 0.2) is 18.3 Å². The predicted octanol–water partition coefficient (Wildman–Crippen LogP) is 1.60. The Balaban J connectivity index is 2.40. The smallest absolute Gasteiger partial charge is 0.0451 e. The van der Waals surface area contributed by atoms with E-state index in [1.165, 1.54) is 18.4 Å². The minimum absolute atomic E-state index is 0.262. The number of rotatable bonds is 2. The van der Waals surface area contributed by atoms with Crippen molar-refractivity contribution in [3.8, 4) is 0 Å². The molecule has 1 aliphatic rings. The number of aryl methyl sites for hydroxylation is 1. The molecule has 0 aliphatic heterocycles. The van der Waals surface area contributed by atoms with Crippen LogP contribution in [-0.2, 0) is 5.54 Å². The molecule has 0 unspecified atom stereocenters. The maximum Gasteiger partial charge on any atom is 0.0451 e. The van der Waals surface area contributed by atoms with Crippen molar-refractivity contribution in [3.63, 3.8) is 0 Å². The van der Waals surface area contributed by atoms with E-state index in [9.17, 15) is 0 Å². The van der Waals surface area contributed by atoms with Crippen LogP contribution in [0.5, 0.6) is 0 Å². The molecular weight excluding hydrogens is 148 g/mol. The lowest BCUT2D eigenvalue weighted by Gasteiger charge is -2.15. The molecule has 12 heavy (non-hydrogen) atoms. The Morgan fingerprint density at radius 3 is 2.75 bits per heavy atom. The molecule has 2 rings (SSSR count). The SMILES string of the molecule is CNC1(c2cccnc2C)CC1. The number of hydrogen-bond donors (Lipinski definition) is 1. The Bertz CT molecular complexity index is 290. The highest BCUT2D eigenvalue weighted by atomic mass is 15.0. The molecule has 0 saturated heterocycles. The Labute approximate surface area is 73.0 Å². The molecule has 1 heterocycles. The van der Waals surface area contributed by atoms with Crippen LogP contribution in [0.3, 0.4) is 0 Å². The van der Waals surface area contributed by atoms with Crippen molar-refractivity contribution in [2.24, 2.45) is 0 Å². The molecule has 0 atom stereocenters. The number of nitrogens with one attached hydrogen (secondary N) is 1. The van der Waals surface area contributed by atoms with E-state index in [4.69, 9.17) is 0 Å². The van der Waals surface area contributed by atoms with Crippen LogP contribution in [0.25, 0.3) is 0 Å². The molecule has 1 N–H and O–H groups in total. The Morgan fingerprint density at radius 2 is 2.25 bits per heavy atom. The minimum atomic E-state index is 0.262. The van der Waals surface area contributed by atoms with E-state index in [2.05, 4.69) is 23.3 Å². The average Bonchev–Trinajstić information content (AvgIpc) is 2.86. The van der Waals surface area contributed by atoms with Gasteiger partial charge in [-0.25, -0.2) is 0 Å². The van der Waals surface area contributed by atoms with Crippen molar-refractivity contribution in [1.82, 2.24) is 10.3 Å². The first-order valence-corrected chi connectivity index (χ1v) is 4.39. The van der Waals surface area contributed by atoms with E-state index in [0.717, 1.165) is 5.69 Å². The number of pyridine rings is 1. The standard InChI is InChI=1S/C10H14N2/c1-8-9(4-3-7-12-8)10(11-2)5-6-10/h3-4,7,11H,5-6H2,1-2H3. The third-order valence-corrected chi connectivity index (χ3v) is 2.75. The van der Waals surface area contributed by atoms with Gasteiger partial charge >= 0.3 is 0 Å². The zero-order valence-corrected chi connectivity index (χ0v) is 7.59. The highest BCUT2D eigenvalue weighted by molar-refractivity contribution is 5.32. The highest BCUT2D eigenvalue weighted by Gasteiger charge is 2.43. The summed E-state index contributed by atoms with van der Waals surface area (Å²) in [5.74, 6) is 0. The van der Waals surface area contributed by atoms with Crippen LogP contribution in [0, 0.1) is 6.92 Å². The largest absolute Gasteiger partial charge is 0.310 e. The van der Waals surface area contributed by atoms with Gasteiger partial charge in [-0.05, 0) is 38.4 Å². The summed E-state index contributed by atoms with van der Waals surface area (Å²) >= 11 is 0. The molecule has 1 aromatic heterocycles. The maximum absolute atomic E-state index is 4.29. The van der Waals surface area contributed by atoms with Crippen LogP contribution in [0.1, 0.15) is 24.1 Å². The normalized spacial score (nSPS) is 19.2. The van der Waals surface area contributed by atoms with Gasteiger partial charge in [0.1, 0.15) is 0 Å². The second-order valence-corrected chi connectivity index (χ2v) is 3.47. The van der Waals surface area contributed by atoms with Crippen LogP contribution >= 0.6 is 0 Å². The van der Waals surface area contributed by atoms with Crippen molar-refractivity contribution in [2.75, 3.05) is 7.05 Å². The summed E-state index contributed by atoms with van der Waals surface area (Å²) in [6.07, 6.45) is 4.34. The quantitative estimate of drug-likeness (QED) is 0.714. The van der Waals surface area contributed by atoms with E-state index in [1.54, 1.807) is 0 Å². The monoisotopic (exact) mass is 162 g/mol. The van der Waals surface area contributed by atoms with Gasteiger partial charge in [0.2, 0.25) is 0 Å². The van der Waals surface area contributed by atoms with Crippen LogP contribution in [0.4, 0.5) is 0 Å². The van der Waals surface area contributed by atoms with Crippen molar-refractivity contribution in [3.05, 3.63) is 29.6 Å². The van der Waals surface area contributed by atoms with Crippen LogP contribution in [0.2, 0.25) is 0 Å². The Kier molecular flexibility index (Phi) is 1.65. The molecule has 1 aliphatic carbocycles. The summed E-state index contributed by atoms with van der Waals surface area (Å²) in [4.78, 5) is 4.29. The molecule has 1 fully saturated rings. The first-order valence-electron chi connectivity index (χ1n) is 4.39. The maximum atomic E-state index is 4.29. The van der Waals surface area contributed by atoms with E-state index in [0.29, 0.717) is 0 Å². The van der Waals surface area contributed by atoms with Gasteiger partial charge in [0.05, 0.1) is 0 Å². The molecule has 0 amide bonds. The Hall–Kier alpha value is -0.890. The molecule has 0 aromatic carbocycles. The van der Waals surface area contributed by atoms with Gasteiger partial charge in [-0.2, -0.15) is 0 Å². The second kappa shape index (κ2) is 2.56.